The highest BCUT2D eigenvalue weighted by Gasteiger charge is 2.26. The number of rotatable bonds is 5. The largest absolute Gasteiger partial charge is 0.372 e. The second kappa shape index (κ2) is 8.60. The molecule has 164 valence electrons. The van der Waals surface area contributed by atoms with E-state index in [1.807, 2.05) is 4.90 Å². The Balaban J connectivity index is 1.51. The van der Waals surface area contributed by atoms with Gasteiger partial charge in [0.25, 0.3) is 11.1 Å². The van der Waals surface area contributed by atoms with Crippen molar-refractivity contribution < 1.29 is 9.13 Å². The number of nitriles is 1. The van der Waals surface area contributed by atoms with Crippen LogP contribution in [0.2, 0.25) is 0 Å². The third kappa shape index (κ3) is 4.21. The predicted octanol–water partition coefficient (Wildman–Crippen LogP) is 0.630. The molecule has 4 rings (SSSR count). The topological polar surface area (TPSA) is 137 Å². The summed E-state index contributed by atoms with van der Waals surface area (Å²) in [6.45, 7) is 1.15. The molecule has 0 aliphatic carbocycles. The molecule has 3 heterocycles. The first-order valence-corrected chi connectivity index (χ1v) is 9.81. The number of benzene rings is 1. The zero-order valence-electron chi connectivity index (χ0n) is 17.1. The molecule has 0 bridgehead atoms. The van der Waals surface area contributed by atoms with Gasteiger partial charge >= 0.3 is 5.69 Å². The van der Waals surface area contributed by atoms with E-state index in [0.29, 0.717) is 30.8 Å². The van der Waals surface area contributed by atoms with Crippen LogP contribution in [0.1, 0.15) is 17.5 Å². The molecule has 0 saturated carbocycles. The van der Waals surface area contributed by atoms with Crippen molar-refractivity contribution in [2.24, 2.45) is 7.05 Å². The Morgan fingerprint density at radius 1 is 1.31 bits per heavy atom. The number of anilines is 1. The Morgan fingerprint density at radius 2 is 2.12 bits per heavy atom. The van der Waals surface area contributed by atoms with Gasteiger partial charge in [-0.25, -0.2) is 13.9 Å². The number of aromatic amines is 2. The van der Waals surface area contributed by atoms with Crippen LogP contribution in [0.5, 0.6) is 0 Å². The molecular formula is C21H19FN6O4. The molecular weight excluding hydrogens is 419 g/mol. The number of H-pyrrole nitrogens is 2. The Hall–Kier alpha value is -4.04. The third-order valence-electron chi connectivity index (χ3n) is 5.26. The second-order valence-corrected chi connectivity index (χ2v) is 7.42. The molecule has 0 spiro atoms. The molecule has 1 unspecified atom stereocenters. The summed E-state index contributed by atoms with van der Waals surface area (Å²) in [4.78, 5) is 42.5. The second-order valence-electron chi connectivity index (χ2n) is 7.42. The first-order chi connectivity index (χ1) is 15.4. The number of hydrogen-bond acceptors (Lipinski definition) is 7. The molecule has 1 aliphatic rings. The lowest BCUT2D eigenvalue weighted by Gasteiger charge is -2.19. The SMILES string of the molecule is Cn1nc(-c2c[nH]c(=O)[nH]c2=O)cc(N2CCC(OCc3ccc(C#N)c(F)c3)C2)c1=O. The van der Waals surface area contributed by atoms with Crippen molar-refractivity contribution in [3.05, 3.63) is 78.6 Å². The van der Waals surface area contributed by atoms with Crippen molar-refractivity contribution in [2.45, 2.75) is 19.1 Å². The maximum absolute atomic E-state index is 13.8. The first kappa shape index (κ1) is 21.2. The Morgan fingerprint density at radius 3 is 2.84 bits per heavy atom. The molecule has 1 aliphatic heterocycles. The number of nitrogens with one attached hydrogen (secondary N) is 2. The molecule has 2 N–H and O–H groups in total. The maximum Gasteiger partial charge on any atom is 0.325 e. The summed E-state index contributed by atoms with van der Waals surface area (Å²) in [7, 11) is 1.48. The van der Waals surface area contributed by atoms with Crippen LogP contribution in [0.15, 0.2) is 44.8 Å². The van der Waals surface area contributed by atoms with E-state index in [0.717, 1.165) is 4.68 Å². The number of halogens is 1. The van der Waals surface area contributed by atoms with Gasteiger partial charge in [-0.1, -0.05) is 6.07 Å². The van der Waals surface area contributed by atoms with E-state index in [2.05, 4.69) is 15.1 Å². The van der Waals surface area contributed by atoms with Crippen LogP contribution in [0, 0.1) is 17.1 Å². The molecule has 1 fully saturated rings. The Bertz CT molecular complexity index is 1390. The number of aromatic nitrogens is 4. The lowest BCUT2D eigenvalue weighted by Crippen LogP contribution is -2.32. The molecule has 1 aromatic carbocycles. The van der Waals surface area contributed by atoms with Crippen LogP contribution in [-0.2, 0) is 18.4 Å². The average Bonchev–Trinajstić information content (AvgIpc) is 3.23. The van der Waals surface area contributed by atoms with Crippen molar-refractivity contribution in [1.82, 2.24) is 19.7 Å². The maximum atomic E-state index is 13.8. The summed E-state index contributed by atoms with van der Waals surface area (Å²) < 4.78 is 20.8. The summed E-state index contributed by atoms with van der Waals surface area (Å²) >= 11 is 0. The van der Waals surface area contributed by atoms with Gasteiger partial charge in [-0.3, -0.25) is 14.6 Å². The van der Waals surface area contributed by atoms with Crippen molar-refractivity contribution in [3.63, 3.8) is 0 Å². The van der Waals surface area contributed by atoms with Crippen LogP contribution in [0.3, 0.4) is 0 Å². The fourth-order valence-electron chi connectivity index (χ4n) is 3.59. The van der Waals surface area contributed by atoms with Gasteiger partial charge in [0.05, 0.1) is 23.8 Å². The van der Waals surface area contributed by atoms with Gasteiger partial charge in [0.15, 0.2) is 0 Å². The summed E-state index contributed by atoms with van der Waals surface area (Å²) in [6, 6.07) is 7.62. The van der Waals surface area contributed by atoms with Gasteiger partial charge in [-0.2, -0.15) is 10.4 Å². The van der Waals surface area contributed by atoms with E-state index in [4.69, 9.17) is 10.00 Å². The van der Waals surface area contributed by atoms with Crippen molar-refractivity contribution in [2.75, 3.05) is 18.0 Å². The van der Waals surface area contributed by atoms with Crippen LogP contribution in [0.4, 0.5) is 10.1 Å². The van der Waals surface area contributed by atoms with E-state index in [1.165, 1.54) is 31.4 Å². The van der Waals surface area contributed by atoms with Gasteiger partial charge in [0.2, 0.25) is 0 Å². The van der Waals surface area contributed by atoms with Crippen LogP contribution in [0.25, 0.3) is 11.3 Å². The highest BCUT2D eigenvalue weighted by molar-refractivity contribution is 5.62. The minimum Gasteiger partial charge on any atom is -0.372 e. The van der Waals surface area contributed by atoms with Crippen molar-refractivity contribution >= 4 is 5.69 Å². The lowest BCUT2D eigenvalue weighted by molar-refractivity contribution is 0.0552. The summed E-state index contributed by atoms with van der Waals surface area (Å²) in [5.74, 6) is -0.591. The Kier molecular flexibility index (Phi) is 5.70. The fraction of sp³-hybridized carbons (Fsp3) is 0.286. The normalized spacial score (nSPS) is 15.7. The highest BCUT2D eigenvalue weighted by Crippen LogP contribution is 2.22. The van der Waals surface area contributed by atoms with Gasteiger partial charge < -0.3 is 14.6 Å². The number of nitrogens with zero attached hydrogens (tertiary/aromatic N) is 4. The summed E-state index contributed by atoms with van der Waals surface area (Å²) in [6.07, 6.45) is 1.72. The van der Waals surface area contributed by atoms with Crippen LogP contribution >= 0.6 is 0 Å². The molecule has 11 heteroatoms. The van der Waals surface area contributed by atoms with E-state index < -0.39 is 17.1 Å². The molecule has 0 radical (unpaired) electrons. The van der Waals surface area contributed by atoms with Gasteiger partial charge in [-0.05, 0) is 30.2 Å². The molecule has 3 aromatic rings. The number of ether oxygens (including phenoxy) is 1. The highest BCUT2D eigenvalue weighted by atomic mass is 19.1. The minimum atomic E-state index is -0.634. The monoisotopic (exact) mass is 438 g/mol. The smallest absolute Gasteiger partial charge is 0.325 e. The van der Waals surface area contributed by atoms with Crippen LogP contribution < -0.4 is 21.7 Å². The molecule has 0 amide bonds. The van der Waals surface area contributed by atoms with E-state index in [1.54, 1.807) is 12.1 Å². The zero-order chi connectivity index (χ0) is 22.8. The zero-order valence-corrected chi connectivity index (χ0v) is 17.1. The fourth-order valence-corrected chi connectivity index (χ4v) is 3.59. The van der Waals surface area contributed by atoms with Gasteiger partial charge in [0.1, 0.15) is 23.3 Å². The van der Waals surface area contributed by atoms with E-state index >= 15 is 0 Å². The standard InChI is InChI=1S/C21H19FN6O4/c1-27-20(30)18(7-17(26-27)15-9-24-21(31)25-19(15)29)28-5-4-14(10-28)32-11-12-2-3-13(8-23)16(22)6-12/h2-3,6-7,9,14H,4-5,10-11H2,1H3,(H2,24,25,29,31). The van der Waals surface area contributed by atoms with E-state index in [-0.39, 0.29) is 35.1 Å². The minimum absolute atomic E-state index is 0.0218. The van der Waals surface area contributed by atoms with Gasteiger partial charge in [0, 0.05) is 26.3 Å². The first-order valence-electron chi connectivity index (χ1n) is 9.81. The number of aryl methyl sites for hydroxylation is 1. The average molecular weight is 438 g/mol. The van der Waals surface area contributed by atoms with Gasteiger partial charge in [-0.15, -0.1) is 0 Å². The van der Waals surface area contributed by atoms with Crippen molar-refractivity contribution in [3.8, 4) is 17.3 Å². The van der Waals surface area contributed by atoms with Crippen LogP contribution in [-0.4, -0.2) is 38.9 Å². The Labute approximate surface area is 180 Å². The quantitative estimate of drug-likeness (QED) is 0.596. The number of hydrogen-bond donors (Lipinski definition) is 2. The van der Waals surface area contributed by atoms with E-state index in [9.17, 15) is 18.8 Å². The summed E-state index contributed by atoms with van der Waals surface area (Å²) in [5, 5.41) is 12.9. The molecule has 10 nitrogen and oxygen atoms in total. The van der Waals surface area contributed by atoms with Crippen molar-refractivity contribution in [1.29, 1.82) is 5.26 Å². The molecule has 2 aromatic heterocycles. The third-order valence-corrected chi connectivity index (χ3v) is 5.26. The lowest BCUT2D eigenvalue weighted by atomic mass is 10.1. The predicted molar refractivity (Wildman–Crippen MR) is 113 cm³/mol. The molecule has 1 atom stereocenters. The summed E-state index contributed by atoms with van der Waals surface area (Å²) in [5.41, 5.74) is -0.240. The molecule has 1 saturated heterocycles. The molecule has 32 heavy (non-hydrogen) atoms.